The molecule has 1 aromatic heterocycles. The second-order valence-corrected chi connectivity index (χ2v) is 7.48. The number of nitrogens with zero attached hydrogens (tertiary/aromatic N) is 1. The summed E-state index contributed by atoms with van der Waals surface area (Å²) in [7, 11) is 3.23. The third kappa shape index (κ3) is 5.10. The minimum atomic E-state index is 0.0118. The van der Waals surface area contributed by atoms with Crippen LogP contribution in [0, 0.1) is 6.92 Å². The van der Waals surface area contributed by atoms with Crippen molar-refractivity contribution in [1.82, 2.24) is 10.3 Å². The second-order valence-electron chi connectivity index (χ2n) is 6.41. The molecule has 1 N–H and O–H groups in total. The zero-order chi connectivity index (χ0) is 19.9. The fraction of sp³-hybridized carbons (Fsp3) is 0.273. The van der Waals surface area contributed by atoms with E-state index in [0.29, 0.717) is 24.5 Å². The highest BCUT2D eigenvalue weighted by Crippen LogP contribution is 2.27. The van der Waals surface area contributed by atoms with E-state index in [1.165, 1.54) is 0 Å². The maximum Gasteiger partial charge on any atom is 0.224 e. The molecule has 0 saturated carbocycles. The lowest BCUT2D eigenvalue weighted by atomic mass is 10.1. The first-order valence-corrected chi connectivity index (χ1v) is 9.96. The predicted molar refractivity (Wildman–Crippen MR) is 112 cm³/mol. The van der Waals surface area contributed by atoms with Gasteiger partial charge in [0, 0.05) is 17.5 Å². The molecule has 6 heteroatoms. The molecule has 0 atom stereocenters. The van der Waals surface area contributed by atoms with Gasteiger partial charge in [0.1, 0.15) is 0 Å². The molecule has 0 bridgehead atoms. The van der Waals surface area contributed by atoms with Crippen molar-refractivity contribution >= 4 is 17.2 Å². The number of methoxy groups -OCH3 is 2. The number of hydrogen-bond donors (Lipinski definition) is 1. The van der Waals surface area contributed by atoms with Gasteiger partial charge in [0.2, 0.25) is 5.91 Å². The summed E-state index contributed by atoms with van der Waals surface area (Å²) in [5, 5.41) is 6.07. The van der Waals surface area contributed by atoms with Gasteiger partial charge in [-0.3, -0.25) is 4.79 Å². The van der Waals surface area contributed by atoms with Gasteiger partial charge < -0.3 is 14.8 Å². The Hall–Kier alpha value is -2.86. The van der Waals surface area contributed by atoms with Gasteiger partial charge in [-0.05, 0) is 36.6 Å². The minimum Gasteiger partial charge on any atom is -0.493 e. The van der Waals surface area contributed by atoms with Crippen LogP contribution in [0.2, 0.25) is 0 Å². The average Bonchev–Trinajstić information content (AvgIpc) is 3.14. The molecule has 3 rings (SSSR count). The van der Waals surface area contributed by atoms with Crippen LogP contribution < -0.4 is 14.8 Å². The quantitative estimate of drug-likeness (QED) is 0.624. The van der Waals surface area contributed by atoms with E-state index in [-0.39, 0.29) is 5.91 Å². The summed E-state index contributed by atoms with van der Waals surface area (Å²) < 4.78 is 10.5. The van der Waals surface area contributed by atoms with Crippen LogP contribution in [0.15, 0.2) is 47.8 Å². The molecule has 0 spiro atoms. The van der Waals surface area contributed by atoms with Crippen molar-refractivity contribution in [2.24, 2.45) is 0 Å². The molecular formula is C22H24N2O3S. The topological polar surface area (TPSA) is 60.5 Å². The standard InChI is InChI=1S/C22H24N2O3S/c1-15-24-19(14-28-15)18-7-4-16(5-8-18)13-22(25)23-11-10-17-6-9-20(26-2)21(12-17)27-3/h4-9,12,14H,10-11,13H2,1-3H3,(H,23,25). The smallest absolute Gasteiger partial charge is 0.224 e. The third-order valence-electron chi connectivity index (χ3n) is 4.42. The first-order chi connectivity index (χ1) is 13.6. The lowest BCUT2D eigenvalue weighted by Crippen LogP contribution is -2.27. The van der Waals surface area contributed by atoms with Gasteiger partial charge in [-0.15, -0.1) is 11.3 Å². The number of thiazole rings is 1. The maximum absolute atomic E-state index is 12.2. The fourth-order valence-corrected chi connectivity index (χ4v) is 3.54. The van der Waals surface area contributed by atoms with Gasteiger partial charge in [0.05, 0.1) is 31.3 Å². The summed E-state index contributed by atoms with van der Waals surface area (Å²) in [6.07, 6.45) is 1.09. The van der Waals surface area contributed by atoms with Crippen LogP contribution in [0.3, 0.4) is 0 Å². The summed E-state index contributed by atoms with van der Waals surface area (Å²) in [5.74, 6) is 1.41. The Morgan fingerprint density at radius 2 is 1.75 bits per heavy atom. The Morgan fingerprint density at radius 1 is 1.04 bits per heavy atom. The van der Waals surface area contributed by atoms with E-state index in [9.17, 15) is 4.79 Å². The van der Waals surface area contributed by atoms with Gasteiger partial charge >= 0.3 is 0 Å². The number of rotatable bonds is 8. The van der Waals surface area contributed by atoms with Crippen molar-refractivity contribution < 1.29 is 14.3 Å². The molecule has 3 aromatic rings. The number of nitrogens with one attached hydrogen (secondary N) is 1. The van der Waals surface area contributed by atoms with E-state index in [4.69, 9.17) is 9.47 Å². The summed E-state index contributed by atoms with van der Waals surface area (Å²) in [5.41, 5.74) is 4.12. The van der Waals surface area contributed by atoms with Crippen LogP contribution in [0.25, 0.3) is 11.3 Å². The number of carbonyl (C=O) groups excluding carboxylic acids is 1. The normalized spacial score (nSPS) is 10.5. The number of benzene rings is 2. The molecule has 0 aliphatic rings. The van der Waals surface area contributed by atoms with E-state index in [1.54, 1.807) is 25.6 Å². The zero-order valence-electron chi connectivity index (χ0n) is 16.3. The first-order valence-electron chi connectivity index (χ1n) is 9.08. The highest BCUT2D eigenvalue weighted by atomic mass is 32.1. The summed E-state index contributed by atoms with van der Waals surface area (Å²) in [6, 6.07) is 13.8. The Morgan fingerprint density at radius 3 is 2.39 bits per heavy atom. The van der Waals surface area contributed by atoms with Crippen molar-refractivity contribution in [3.63, 3.8) is 0 Å². The molecule has 5 nitrogen and oxygen atoms in total. The monoisotopic (exact) mass is 396 g/mol. The molecule has 0 aliphatic carbocycles. The molecular weight excluding hydrogens is 372 g/mol. The molecule has 2 aromatic carbocycles. The van der Waals surface area contributed by atoms with E-state index < -0.39 is 0 Å². The molecule has 0 radical (unpaired) electrons. The fourth-order valence-electron chi connectivity index (χ4n) is 2.92. The summed E-state index contributed by atoms with van der Waals surface area (Å²) in [4.78, 5) is 16.7. The lowest BCUT2D eigenvalue weighted by molar-refractivity contribution is -0.120. The summed E-state index contributed by atoms with van der Waals surface area (Å²) >= 11 is 1.64. The van der Waals surface area contributed by atoms with Crippen LogP contribution in [-0.4, -0.2) is 31.7 Å². The van der Waals surface area contributed by atoms with E-state index in [0.717, 1.165) is 33.8 Å². The van der Waals surface area contributed by atoms with Crippen molar-refractivity contribution in [2.45, 2.75) is 19.8 Å². The van der Waals surface area contributed by atoms with Crippen LogP contribution >= 0.6 is 11.3 Å². The second kappa shape index (κ2) is 9.37. The van der Waals surface area contributed by atoms with Gasteiger partial charge in [-0.1, -0.05) is 30.3 Å². The molecule has 146 valence electrons. The van der Waals surface area contributed by atoms with E-state index in [2.05, 4.69) is 10.3 Å². The average molecular weight is 397 g/mol. The van der Waals surface area contributed by atoms with Crippen molar-refractivity contribution in [3.8, 4) is 22.8 Å². The van der Waals surface area contributed by atoms with Gasteiger partial charge in [0.15, 0.2) is 11.5 Å². The molecule has 0 fully saturated rings. The molecule has 1 heterocycles. The van der Waals surface area contributed by atoms with Gasteiger partial charge in [-0.2, -0.15) is 0 Å². The summed E-state index contributed by atoms with van der Waals surface area (Å²) in [6.45, 7) is 2.57. The molecule has 0 aliphatic heterocycles. The Balaban J connectivity index is 1.49. The third-order valence-corrected chi connectivity index (χ3v) is 5.19. The van der Waals surface area contributed by atoms with Crippen LogP contribution in [0.5, 0.6) is 11.5 Å². The number of carbonyl (C=O) groups is 1. The van der Waals surface area contributed by atoms with E-state index >= 15 is 0 Å². The lowest BCUT2D eigenvalue weighted by Gasteiger charge is -2.10. The van der Waals surface area contributed by atoms with Crippen LogP contribution in [-0.2, 0) is 17.6 Å². The van der Waals surface area contributed by atoms with Gasteiger partial charge in [-0.25, -0.2) is 4.98 Å². The number of hydrogen-bond acceptors (Lipinski definition) is 5. The Bertz CT molecular complexity index is 935. The van der Waals surface area contributed by atoms with Crippen LogP contribution in [0.1, 0.15) is 16.1 Å². The molecule has 1 amide bonds. The largest absolute Gasteiger partial charge is 0.493 e. The molecule has 0 saturated heterocycles. The number of aryl methyl sites for hydroxylation is 1. The zero-order valence-corrected chi connectivity index (χ0v) is 17.1. The predicted octanol–water partition coefficient (Wildman–Crippen LogP) is 4.04. The van der Waals surface area contributed by atoms with Crippen molar-refractivity contribution in [1.29, 1.82) is 0 Å². The highest BCUT2D eigenvalue weighted by Gasteiger charge is 2.07. The number of amides is 1. The van der Waals surface area contributed by atoms with Crippen molar-refractivity contribution in [3.05, 3.63) is 64.0 Å². The SMILES string of the molecule is COc1ccc(CCNC(=O)Cc2ccc(-c3csc(C)n3)cc2)cc1OC. The maximum atomic E-state index is 12.2. The Kier molecular flexibility index (Phi) is 6.66. The van der Waals surface area contributed by atoms with Gasteiger partial charge in [0.25, 0.3) is 0 Å². The van der Waals surface area contributed by atoms with Crippen LogP contribution in [0.4, 0.5) is 0 Å². The number of aromatic nitrogens is 1. The molecule has 0 unspecified atom stereocenters. The highest BCUT2D eigenvalue weighted by molar-refractivity contribution is 7.09. The Labute approximate surface area is 169 Å². The van der Waals surface area contributed by atoms with E-state index in [1.807, 2.05) is 54.8 Å². The van der Waals surface area contributed by atoms with Crippen molar-refractivity contribution in [2.75, 3.05) is 20.8 Å². The minimum absolute atomic E-state index is 0.0118. The molecule has 28 heavy (non-hydrogen) atoms. The number of ether oxygens (including phenoxy) is 2. The first kappa shape index (κ1) is 19.9.